The lowest BCUT2D eigenvalue weighted by molar-refractivity contribution is 0.0950. The van der Waals surface area contributed by atoms with Crippen LogP contribution in [0, 0.1) is 0 Å². The van der Waals surface area contributed by atoms with Crippen LogP contribution in [0.15, 0.2) is 61.1 Å². The van der Waals surface area contributed by atoms with Crippen molar-refractivity contribution in [2.24, 2.45) is 0 Å². The smallest absolute Gasteiger partial charge is 0.251 e. The SMILES string of the molecule is CCC[C@@H](O)c1ccc(-c2ccc(C(=O)NCc3cncn3CC)cc2)cc1. The Morgan fingerprint density at radius 3 is 2.32 bits per heavy atom. The van der Waals surface area contributed by atoms with Gasteiger partial charge in [0.1, 0.15) is 0 Å². The molecule has 3 rings (SSSR count). The molecule has 0 fully saturated rings. The Kier molecular flexibility index (Phi) is 6.61. The molecule has 0 unspecified atom stereocenters. The van der Waals surface area contributed by atoms with Gasteiger partial charge in [-0.3, -0.25) is 4.79 Å². The second-order valence-electron chi connectivity index (χ2n) is 6.86. The molecule has 5 heteroatoms. The molecule has 2 N–H and O–H groups in total. The van der Waals surface area contributed by atoms with Gasteiger partial charge in [-0.2, -0.15) is 0 Å². The van der Waals surface area contributed by atoms with Crippen LogP contribution in [-0.2, 0) is 13.1 Å². The van der Waals surface area contributed by atoms with Gasteiger partial charge in [-0.25, -0.2) is 4.98 Å². The van der Waals surface area contributed by atoms with Crippen LogP contribution in [0.1, 0.15) is 54.4 Å². The highest BCUT2D eigenvalue weighted by atomic mass is 16.3. The molecule has 0 radical (unpaired) electrons. The van der Waals surface area contributed by atoms with E-state index in [1.807, 2.05) is 60.0 Å². The summed E-state index contributed by atoms with van der Waals surface area (Å²) in [6.07, 6.45) is 4.85. The molecule has 1 atom stereocenters. The Labute approximate surface area is 166 Å². The van der Waals surface area contributed by atoms with E-state index < -0.39 is 6.10 Å². The minimum absolute atomic E-state index is 0.103. The minimum atomic E-state index is -0.408. The third-order valence-corrected chi connectivity index (χ3v) is 4.91. The van der Waals surface area contributed by atoms with Crippen molar-refractivity contribution >= 4 is 5.91 Å². The van der Waals surface area contributed by atoms with Crippen molar-refractivity contribution in [3.05, 3.63) is 77.9 Å². The van der Waals surface area contributed by atoms with E-state index in [9.17, 15) is 9.90 Å². The molecule has 1 amide bonds. The largest absolute Gasteiger partial charge is 0.388 e. The van der Waals surface area contributed by atoms with E-state index in [0.717, 1.165) is 41.8 Å². The highest BCUT2D eigenvalue weighted by Crippen LogP contribution is 2.24. The average Bonchev–Trinajstić information content (AvgIpc) is 3.20. The summed E-state index contributed by atoms with van der Waals surface area (Å²) in [5.41, 5.74) is 4.65. The van der Waals surface area contributed by atoms with Crippen molar-refractivity contribution in [1.82, 2.24) is 14.9 Å². The fourth-order valence-corrected chi connectivity index (χ4v) is 3.20. The number of rotatable bonds is 8. The summed E-state index contributed by atoms with van der Waals surface area (Å²) in [5, 5.41) is 13.0. The van der Waals surface area contributed by atoms with Gasteiger partial charge < -0.3 is 15.0 Å². The number of aliphatic hydroxyl groups excluding tert-OH is 1. The van der Waals surface area contributed by atoms with E-state index >= 15 is 0 Å². The first-order chi connectivity index (χ1) is 13.6. The summed E-state index contributed by atoms with van der Waals surface area (Å²) in [6.45, 7) is 5.39. The molecule has 146 valence electrons. The average molecular weight is 377 g/mol. The molecular weight excluding hydrogens is 350 g/mol. The fourth-order valence-electron chi connectivity index (χ4n) is 3.20. The van der Waals surface area contributed by atoms with Gasteiger partial charge in [-0.05, 0) is 42.2 Å². The Morgan fingerprint density at radius 2 is 1.71 bits per heavy atom. The number of carbonyl (C=O) groups is 1. The van der Waals surface area contributed by atoms with E-state index in [1.54, 1.807) is 12.5 Å². The number of benzene rings is 2. The summed E-state index contributed by atoms with van der Waals surface area (Å²) in [7, 11) is 0. The first kappa shape index (κ1) is 19.8. The normalized spacial score (nSPS) is 12.0. The quantitative estimate of drug-likeness (QED) is 0.614. The maximum Gasteiger partial charge on any atom is 0.251 e. The number of hydrogen-bond acceptors (Lipinski definition) is 3. The number of nitrogens with one attached hydrogen (secondary N) is 1. The third-order valence-electron chi connectivity index (χ3n) is 4.91. The molecule has 1 aromatic heterocycles. The second kappa shape index (κ2) is 9.33. The third kappa shape index (κ3) is 4.67. The molecule has 1 heterocycles. The Hall–Kier alpha value is -2.92. The van der Waals surface area contributed by atoms with Crippen LogP contribution < -0.4 is 5.32 Å². The van der Waals surface area contributed by atoms with E-state index in [1.165, 1.54) is 0 Å². The van der Waals surface area contributed by atoms with Crippen molar-refractivity contribution in [3.63, 3.8) is 0 Å². The lowest BCUT2D eigenvalue weighted by Crippen LogP contribution is -2.24. The van der Waals surface area contributed by atoms with Crippen LogP contribution >= 0.6 is 0 Å². The molecule has 0 spiro atoms. The molecule has 2 aromatic carbocycles. The predicted molar refractivity (Wildman–Crippen MR) is 111 cm³/mol. The Balaban J connectivity index is 1.63. The van der Waals surface area contributed by atoms with E-state index in [-0.39, 0.29) is 5.91 Å². The van der Waals surface area contributed by atoms with Crippen LogP contribution in [0.4, 0.5) is 0 Å². The first-order valence-electron chi connectivity index (χ1n) is 9.78. The zero-order valence-electron chi connectivity index (χ0n) is 16.4. The zero-order valence-corrected chi connectivity index (χ0v) is 16.4. The van der Waals surface area contributed by atoms with Crippen LogP contribution in [-0.4, -0.2) is 20.6 Å². The topological polar surface area (TPSA) is 67.2 Å². The molecule has 3 aromatic rings. The van der Waals surface area contributed by atoms with Gasteiger partial charge in [-0.1, -0.05) is 49.7 Å². The summed E-state index contributed by atoms with van der Waals surface area (Å²) in [6, 6.07) is 15.5. The lowest BCUT2D eigenvalue weighted by Gasteiger charge is -2.11. The van der Waals surface area contributed by atoms with Crippen molar-refractivity contribution in [2.45, 2.75) is 45.9 Å². The summed E-state index contributed by atoms with van der Waals surface area (Å²) in [5.74, 6) is -0.103. The van der Waals surface area contributed by atoms with Crippen LogP contribution in [0.3, 0.4) is 0 Å². The van der Waals surface area contributed by atoms with Crippen LogP contribution in [0.5, 0.6) is 0 Å². The first-order valence-corrected chi connectivity index (χ1v) is 9.78. The number of aliphatic hydroxyl groups is 1. The molecular formula is C23H27N3O2. The van der Waals surface area contributed by atoms with Gasteiger partial charge in [-0.15, -0.1) is 0 Å². The van der Waals surface area contributed by atoms with Gasteiger partial charge in [0, 0.05) is 18.3 Å². The van der Waals surface area contributed by atoms with Gasteiger partial charge >= 0.3 is 0 Å². The summed E-state index contributed by atoms with van der Waals surface area (Å²) in [4.78, 5) is 16.5. The molecule has 0 aliphatic carbocycles. The molecule has 28 heavy (non-hydrogen) atoms. The summed E-state index contributed by atoms with van der Waals surface area (Å²) >= 11 is 0. The van der Waals surface area contributed by atoms with Gasteiger partial charge in [0.15, 0.2) is 0 Å². The minimum Gasteiger partial charge on any atom is -0.388 e. The number of amides is 1. The van der Waals surface area contributed by atoms with Crippen molar-refractivity contribution in [3.8, 4) is 11.1 Å². The molecule has 0 aliphatic heterocycles. The van der Waals surface area contributed by atoms with Gasteiger partial charge in [0.25, 0.3) is 5.91 Å². The number of nitrogens with zero attached hydrogens (tertiary/aromatic N) is 2. The Morgan fingerprint density at radius 1 is 1.07 bits per heavy atom. The van der Waals surface area contributed by atoms with Crippen LogP contribution in [0.2, 0.25) is 0 Å². The number of aromatic nitrogens is 2. The molecule has 0 saturated heterocycles. The second-order valence-corrected chi connectivity index (χ2v) is 6.86. The highest BCUT2D eigenvalue weighted by molar-refractivity contribution is 5.94. The maximum atomic E-state index is 12.4. The maximum absolute atomic E-state index is 12.4. The Bertz CT molecular complexity index is 898. The highest BCUT2D eigenvalue weighted by Gasteiger charge is 2.09. The number of imidazole rings is 1. The standard InChI is InChI=1S/C23H27N3O2/c1-3-5-22(27)19-10-6-17(7-11-19)18-8-12-20(13-9-18)23(28)25-15-21-14-24-16-26(21)4-2/h6-14,16,22,27H,3-5,15H2,1-2H3,(H,25,28)/t22-/m1/s1. The lowest BCUT2D eigenvalue weighted by atomic mass is 9.99. The molecule has 0 aliphatic rings. The van der Waals surface area contributed by atoms with E-state index in [4.69, 9.17) is 0 Å². The summed E-state index contributed by atoms with van der Waals surface area (Å²) < 4.78 is 2.00. The van der Waals surface area contributed by atoms with Crippen LogP contribution in [0.25, 0.3) is 11.1 Å². The van der Waals surface area contributed by atoms with Gasteiger partial charge in [0.05, 0.1) is 24.7 Å². The number of carbonyl (C=O) groups excluding carboxylic acids is 1. The van der Waals surface area contributed by atoms with Crippen molar-refractivity contribution < 1.29 is 9.90 Å². The van der Waals surface area contributed by atoms with E-state index in [0.29, 0.717) is 12.1 Å². The van der Waals surface area contributed by atoms with Crippen molar-refractivity contribution in [1.29, 1.82) is 0 Å². The monoisotopic (exact) mass is 377 g/mol. The van der Waals surface area contributed by atoms with Gasteiger partial charge in [0.2, 0.25) is 0 Å². The van der Waals surface area contributed by atoms with E-state index in [2.05, 4.69) is 17.2 Å². The number of hydrogen-bond donors (Lipinski definition) is 2. The fraction of sp³-hybridized carbons (Fsp3) is 0.304. The molecule has 0 saturated carbocycles. The molecule has 5 nitrogen and oxygen atoms in total. The van der Waals surface area contributed by atoms with Crippen molar-refractivity contribution in [2.75, 3.05) is 0 Å². The number of aryl methyl sites for hydroxylation is 1. The molecule has 0 bridgehead atoms. The predicted octanol–water partition coefficient (Wildman–Crippen LogP) is 4.33. The zero-order chi connectivity index (χ0) is 19.9.